The Balaban J connectivity index is 2.05. The molecule has 1 aliphatic rings. The van der Waals surface area contributed by atoms with Gasteiger partial charge < -0.3 is 4.90 Å². The molecule has 0 unspecified atom stereocenters. The molecule has 0 N–H and O–H groups in total. The van der Waals surface area contributed by atoms with Crippen LogP contribution in [0.4, 0.5) is 5.95 Å². The molecule has 15 heavy (non-hydrogen) atoms. The standard InChI is InChI=1S/C10H13N5/c1-2-4-14(5-3-1)10-13-12-7-9-6-11-8-15(9)10/h6-8H,1-5H2. The Bertz CT molecular complexity index is 458. The molecule has 78 valence electrons. The number of aromatic nitrogens is 4. The molecule has 3 heterocycles. The zero-order valence-electron chi connectivity index (χ0n) is 8.50. The van der Waals surface area contributed by atoms with Gasteiger partial charge in [-0.1, -0.05) is 0 Å². The van der Waals surface area contributed by atoms with Crippen LogP contribution in [0.15, 0.2) is 18.7 Å². The van der Waals surface area contributed by atoms with Crippen molar-refractivity contribution in [2.75, 3.05) is 18.0 Å². The van der Waals surface area contributed by atoms with Crippen molar-refractivity contribution in [3.8, 4) is 0 Å². The van der Waals surface area contributed by atoms with Crippen LogP contribution < -0.4 is 4.90 Å². The normalized spacial score (nSPS) is 17.2. The SMILES string of the molecule is c1ncn2c(N3CCCCC3)nncc12. The molecule has 0 spiro atoms. The average Bonchev–Trinajstić information content (AvgIpc) is 2.78. The molecule has 3 rings (SSSR count). The van der Waals surface area contributed by atoms with Gasteiger partial charge in [0.2, 0.25) is 5.95 Å². The average molecular weight is 203 g/mol. The molecule has 2 aromatic heterocycles. The number of imidazole rings is 1. The summed E-state index contributed by atoms with van der Waals surface area (Å²) < 4.78 is 2.00. The van der Waals surface area contributed by atoms with Crippen molar-refractivity contribution < 1.29 is 0 Å². The van der Waals surface area contributed by atoms with Crippen molar-refractivity contribution in [2.45, 2.75) is 19.3 Å². The van der Waals surface area contributed by atoms with Crippen LogP contribution in [0.2, 0.25) is 0 Å². The topological polar surface area (TPSA) is 46.3 Å². The van der Waals surface area contributed by atoms with E-state index in [4.69, 9.17) is 0 Å². The van der Waals surface area contributed by atoms with Gasteiger partial charge in [0.25, 0.3) is 0 Å². The summed E-state index contributed by atoms with van der Waals surface area (Å²) in [5.74, 6) is 0.921. The molecular formula is C10H13N5. The minimum atomic E-state index is 0.921. The fourth-order valence-electron chi connectivity index (χ4n) is 2.07. The van der Waals surface area contributed by atoms with E-state index in [1.165, 1.54) is 19.3 Å². The first-order valence-electron chi connectivity index (χ1n) is 5.34. The van der Waals surface area contributed by atoms with E-state index in [0.29, 0.717) is 0 Å². The van der Waals surface area contributed by atoms with Gasteiger partial charge in [-0.3, -0.25) is 4.40 Å². The first-order valence-corrected chi connectivity index (χ1v) is 5.34. The van der Waals surface area contributed by atoms with E-state index in [-0.39, 0.29) is 0 Å². The summed E-state index contributed by atoms with van der Waals surface area (Å²) in [6, 6.07) is 0. The highest BCUT2D eigenvalue weighted by Crippen LogP contribution is 2.17. The van der Waals surface area contributed by atoms with Crippen molar-refractivity contribution in [2.24, 2.45) is 0 Å². The quantitative estimate of drug-likeness (QED) is 0.696. The number of anilines is 1. The van der Waals surface area contributed by atoms with Gasteiger partial charge in [-0.05, 0) is 19.3 Å². The highest BCUT2D eigenvalue weighted by molar-refractivity contribution is 5.48. The second kappa shape index (κ2) is 3.49. The Labute approximate surface area is 87.8 Å². The van der Waals surface area contributed by atoms with E-state index in [2.05, 4.69) is 20.1 Å². The van der Waals surface area contributed by atoms with Gasteiger partial charge in [-0.2, -0.15) is 5.10 Å². The lowest BCUT2D eigenvalue weighted by Crippen LogP contribution is -2.31. The van der Waals surface area contributed by atoms with Crippen LogP contribution in [0.25, 0.3) is 5.52 Å². The third kappa shape index (κ3) is 1.44. The molecule has 0 radical (unpaired) electrons. The number of fused-ring (bicyclic) bond motifs is 1. The summed E-state index contributed by atoms with van der Waals surface area (Å²) in [6.45, 7) is 2.15. The van der Waals surface area contributed by atoms with Crippen molar-refractivity contribution in [3.05, 3.63) is 18.7 Å². The molecule has 1 aliphatic heterocycles. The van der Waals surface area contributed by atoms with Gasteiger partial charge in [0.15, 0.2) is 0 Å². The highest BCUT2D eigenvalue weighted by atomic mass is 15.3. The monoisotopic (exact) mass is 203 g/mol. The molecule has 2 aromatic rings. The summed E-state index contributed by atoms with van der Waals surface area (Å²) in [5.41, 5.74) is 1.01. The van der Waals surface area contributed by atoms with Crippen molar-refractivity contribution in [1.82, 2.24) is 19.6 Å². The van der Waals surface area contributed by atoms with Gasteiger partial charge in [0, 0.05) is 13.1 Å². The Morgan fingerprint density at radius 3 is 2.80 bits per heavy atom. The van der Waals surface area contributed by atoms with Crippen LogP contribution in [0.1, 0.15) is 19.3 Å². The number of piperidine rings is 1. The first-order chi connectivity index (χ1) is 7.45. The Morgan fingerprint density at radius 2 is 1.93 bits per heavy atom. The third-order valence-electron chi connectivity index (χ3n) is 2.86. The fraction of sp³-hybridized carbons (Fsp3) is 0.500. The van der Waals surface area contributed by atoms with Gasteiger partial charge >= 0.3 is 0 Å². The summed E-state index contributed by atoms with van der Waals surface area (Å²) in [4.78, 5) is 6.40. The minimum Gasteiger partial charge on any atom is -0.341 e. The second-order valence-corrected chi connectivity index (χ2v) is 3.88. The van der Waals surface area contributed by atoms with E-state index >= 15 is 0 Å². The summed E-state index contributed by atoms with van der Waals surface area (Å²) >= 11 is 0. The first kappa shape index (κ1) is 8.64. The molecule has 5 nitrogen and oxygen atoms in total. The van der Waals surface area contributed by atoms with Crippen LogP contribution in [0, 0.1) is 0 Å². The molecule has 0 amide bonds. The largest absolute Gasteiger partial charge is 0.341 e. The van der Waals surface area contributed by atoms with Crippen LogP contribution in [0.5, 0.6) is 0 Å². The lowest BCUT2D eigenvalue weighted by molar-refractivity contribution is 0.563. The fourth-order valence-corrected chi connectivity index (χ4v) is 2.07. The number of rotatable bonds is 1. The molecule has 0 bridgehead atoms. The zero-order valence-corrected chi connectivity index (χ0v) is 8.50. The van der Waals surface area contributed by atoms with Gasteiger partial charge in [0.05, 0.1) is 17.9 Å². The molecule has 1 saturated heterocycles. The van der Waals surface area contributed by atoms with E-state index < -0.39 is 0 Å². The Kier molecular flexibility index (Phi) is 2.01. The maximum atomic E-state index is 4.20. The smallest absolute Gasteiger partial charge is 0.231 e. The van der Waals surface area contributed by atoms with Crippen LogP contribution in [0.3, 0.4) is 0 Å². The van der Waals surface area contributed by atoms with Crippen LogP contribution in [-0.4, -0.2) is 32.7 Å². The Hall–Kier alpha value is -1.65. The number of nitrogens with zero attached hydrogens (tertiary/aromatic N) is 5. The Morgan fingerprint density at radius 1 is 1.07 bits per heavy atom. The van der Waals surface area contributed by atoms with Crippen LogP contribution in [-0.2, 0) is 0 Å². The molecule has 0 saturated carbocycles. The van der Waals surface area contributed by atoms with E-state index in [1.54, 1.807) is 12.5 Å². The third-order valence-corrected chi connectivity index (χ3v) is 2.86. The van der Waals surface area contributed by atoms with Gasteiger partial charge in [-0.15, -0.1) is 5.10 Å². The van der Waals surface area contributed by atoms with Crippen molar-refractivity contribution >= 4 is 11.5 Å². The predicted molar refractivity (Wildman–Crippen MR) is 56.8 cm³/mol. The maximum Gasteiger partial charge on any atom is 0.231 e. The van der Waals surface area contributed by atoms with Gasteiger partial charge in [-0.25, -0.2) is 4.98 Å². The minimum absolute atomic E-state index is 0.921. The van der Waals surface area contributed by atoms with E-state index in [1.807, 2.05) is 10.6 Å². The molecule has 5 heteroatoms. The number of hydrogen-bond donors (Lipinski definition) is 0. The summed E-state index contributed by atoms with van der Waals surface area (Å²) in [7, 11) is 0. The van der Waals surface area contributed by atoms with Crippen molar-refractivity contribution in [3.63, 3.8) is 0 Å². The predicted octanol–water partition coefficient (Wildman–Crippen LogP) is 1.11. The van der Waals surface area contributed by atoms with Crippen molar-refractivity contribution in [1.29, 1.82) is 0 Å². The molecule has 1 fully saturated rings. The number of hydrogen-bond acceptors (Lipinski definition) is 4. The van der Waals surface area contributed by atoms with Crippen LogP contribution >= 0.6 is 0 Å². The zero-order chi connectivity index (χ0) is 10.1. The lowest BCUT2D eigenvalue weighted by atomic mass is 10.1. The second-order valence-electron chi connectivity index (χ2n) is 3.88. The lowest BCUT2D eigenvalue weighted by Gasteiger charge is -2.27. The van der Waals surface area contributed by atoms with Gasteiger partial charge in [0.1, 0.15) is 6.33 Å². The maximum absolute atomic E-state index is 4.20. The molecule has 0 aromatic carbocycles. The molecular weight excluding hydrogens is 190 g/mol. The summed E-state index contributed by atoms with van der Waals surface area (Å²) in [6.07, 6.45) is 9.15. The molecule has 0 aliphatic carbocycles. The van der Waals surface area contributed by atoms with E-state index in [0.717, 1.165) is 24.6 Å². The highest BCUT2D eigenvalue weighted by Gasteiger charge is 2.15. The molecule has 0 atom stereocenters. The summed E-state index contributed by atoms with van der Waals surface area (Å²) in [5, 5.41) is 8.21. The van der Waals surface area contributed by atoms with E-state index in [9.17, 15) is 0 Å².